The van der Waals surface area contributed by atoms with Crippen LogP contribution in [0.1, 0.15) is 124 Å². The molecule has 0 saturated heterocycles. The summed E-state index contributed by atoms with van der Waals surface area (Å²) in [6, 6.07) is -13.0. The molecule has 20 N–H and O–H groups in total. The first-order valence-corrected chi connectivity index (χ1v) is 28.3. The number of aliphatic carboxylic acids is 3. The number of nitrogens with two attached hydrogens (primary N) is 4. The highest BCUT2D eigenvalue weighted by Crippen LogP contribution is 2.24. The van der Waals surface area contributed by atoms with Gasteiger partial charge in [-0.15, -0.1) is 11.8 Å². The number of H-pyrrole nitrogens is 1. The summed E-state index contributed by atoms with van der Waals surface area (Å²) in [5.74, 6) is -12.8. The van der Waals surface area contributed by atoms with E-state index in [1.165, 1.54) is 24.3 Å². The van der Waals surface area contributed by atoms with Crippen LogP contribution in [0.15, 0.2) is 17.5 Å². The largest absolute Gasteiger partial charge is 0.481 e. The standard InChI is InChI=1S/C51H85N15O15S/c1-7-26(5)40(55)50-65-36(23-82-50)48(78)63-33(18-25(3)4)46(76)59-31(14-15-38(68)69)45(75)66-41(27(6)8-2)49(79)60-30(44(74)61-32(51(80)81)13-11-16-52)12-9-10-17-57-43(73)34(20-37(54)67)64-47(77)35(21-39(70)71)62-42(72)29(53)19-28-22-56-24-58-28/h22,24-27,29-36,40-41H,7-21,23,52-53,55H2,1-6H3,(H2,54,67)(H,56,58)(H,57,73)(H,59,76)(H,60,79)(H,61,74)(H,62,72)(H,63,78)(H,64,77)(H,66,75)(H,68,69)(H,70,71)(H,80,81)/t26-,27-,29-,30-,31+,32+,33-,34-,35+,36-,40-,41-/m0/s1. The molecule has 0 fully saturated rings. The maximum absolute atomic E-state index is 14.3. The summed E-state index contributed by atoms with van der Waals surface area (Å²) >= 11 is 1.35. The lowest BCUT2D eigenvalue weighted by Crippen LogP contribution is -2.60. The number of rotatable bonds is 40. The molecule has 0 bridgehead atoms. The van der Waals surface area contributed by atoms with Crippen LogP contribution in [0.5, 0.6) is 0 Å². The lowest BCUT2D eigenvalue weighted by molar-refractivity contribution is -0.143. The van der Waals surface area contributed by atoms with Gasteiger partial charge in [0.2, 0.25) is 53.2 Å². The number of nitrogens with zero attached hydrogens (tertiary/aromatic N) is 2. The second-order valence-electron chi connectivity index (χ2n) is 20.7. The first-order valence-electron chi connectivity index (χ1n) is 27.4. The maximum atomic E-state index is 14.3. The molecule has 0 radical (unpaired) electrons. The molecule has 30 nitrogen and oxygen atoms in total. The summed E-state index contributed by atoms with van der Waals surface area (Å²) in [5.41, 5.74) is 23.7. The summed E-state index contributed by atoms with van der Waals surface area (Å²) in [5, 5.41) is 49.5. The smallest absolute Gasteiger partial charge is 0.326 e. The van der Waals surface area contributed by atoms with Gasteiger partial charge < -0.3 is 85.8 Å². The van der Waals surface area contributed by atoms with Gasteiger partial charge in [0.15, 0.2) is 0 Å². The van der Waals surface area contributed by atoms with E-state index < -0.39 is 157 Å². The van der Waals surface area contributed by atoms with Crippen LogP contribution in [0.4, 0.5) is 0 Å². The van der Waals surface area contributed by atoms with Gasteiger partial charge in [0, 0.05) is 37.0 Å². The van der Waals surface area contributed by atoms with E-state index in [1.54, 1.807) is 13.8 Å². The molecular weight excluding hydrogens is 1090 g/mol. The van der Waals surface area contributed by atoms with Crippen LogP contribution in [-0.2, 0) is 64.0 Å². The molecule has 1 aromatic rings. The zero-order valence-corrected chi connectivity index (χ0v) is 48.1. The van der Waals surface area contributed by atoms with E-state index in [2.05, 4.69) is 57.5 Å². The van der Waals surface area contributed by atoms with Crippen molar-refractivity contribution in [2.75, 3.05) is 18.8 Å². The minimum absolute atomic E-state index is 0.0357. The average Bonchev–Trinajstić information content (AvgIpc) is 4.21. The molecule has 460 valence electrons. The predicted molar refractivity (Wildman–Crippen MR) is 300 cm³/mol. The average molecular weight is 1180 g/mol. The van der Waals surface area contributed by atoms with Crippen molar-refractivity contribution in [2.45, 2.75) is 185 Å². The lowest BCUT2D eigenvalue weighted by atomic mass is 9.96. The number of aromatic nitrogens is 2. The molecule has 1 aromatic heterocycles. The third-order valence-electron chi connectivity index (χ3n) is 13.5. The summed E-state index contributed by atoms with van der Waals surface area (Å²) in [6.45, 7) is 10.8. The van der Waals surface area contributed by atoms with E-state index in [0.29, 0.717) is 16.5 Å². The Morgan fingerprint density at radius 3 is 1.79 bits per heavy atom. The van der Waals surface area contributed by atoms with Gasteiger partial charge in [-0.25, -0.2) is 9.78 Å². The van der Waals surface area contributed by atoms with E-state index in [9.17, 15) is 72.9 Å². The molecule has 0 aromatic carbocycles. The predicted octanol–water partition coefficient (Wildman–Crippen LogP) is -3.02. The van der Waals surface area contributed by atoms with Crippen LogP contribution in [0.2, 0.25) is 0 Å². The van der Waals surface area contributed by atoms with Crippen LogP contribution in [-0.4, -0.2) is 181 Å². The molecule has 9 amide bonds. The monoisotopic (exact) mass is 1180 g/mol. The Kier molecular flexibility index (Phi) is 31.3. The molecule has 1 aliphatic rings. The Labute approximate surface area is 479 Å². The summed E-state index contributed by atoms with van der Waals surface area (Å²) in [4.78, 5) is 168. The highest BCUT2D eigenvalue weighted by molar-refractivity contribution is 8.14. The fourth-order valence-electron chi connectivity index (χ4n) is 8.20. The van der Waals surface area contributed by atoms with Crippen molar-refractivity contribution in [1.29, 1.82) is 0 Å². The number of hydrogen-bond acceptors (Lipinski definition) is 18. The molecule has 0 spiro atoms. The van der Waals surface area contributed by atoms with Gasteiger partial charge in [-0.2, -0.15) is 0 Å². The SMILES string of the molecule is CC[C@H](C)[C@H](N)C1=N[C@H](C(=O)N[C@@H](CC(C)C)C(=O)N[C@H](CCC(=O)O)C(=O)N[C@H](C(=O)N[C@@H](CCCCNC(=O)[C@H](CC(N)=O)NC(=O)[C@@H](CC(=O)O)NC(=O)[C@@H](N)Cc2cnc[nH]2)C(=O)N[C@H](CCCN)C(=O)O)[C@@H](C)CC)CS1. The van der Waals surface area contributed by atoms with Gasteiger partial charge in [-0.05, 0) is 69.2 Å². The highest BCUT2D eigenvalue weighted by Gasteiger charge is 2.37. The number of primary amides is 1. The zero-order chi connectivity index (χ0) is 61.8. The second kappa shape index (κ2) is 36.3. The van der Waals surface area contributed by atoms with Gasteiger partial charge >= 0.3 is 17.9 Å². The van der Waals surface area contributed by atoms with Crippen LogP contribution in [0.25, 0.3) is 0 Å². The number of carboxylic acids is 3. The fraction of sp³-hybridized carbons (Fsp3) is 0.686. The third-order valence-corrected chi connectivity index (χ3v) is 14.6. The molecule has 0 aliphatic carbocycles. The van der Waals surface area contributed by atoms with Crippen LogP contribution in [0, 0.1) is 17.8 Å². The molecule has 2 heterocycles. The van der Waals surface area contributed by atoms with Crippen LogP contribution >= 0.6 is 11.8 Å². The van der Waals surface area contributed by atoms with E-state index in [4.69, 9.17) is 22.9 Å². The maximum Gasteiger partial charge on any atom is 0.326 e. The fourth-order valence-corrected chi connectivity index (χ4v) is 9.38. The quantitative estimate of drug-likeness (QED) is 0.0291. The van der Waals surface area contributed by atoms with Gasteiger partial charge in [0.05, 0.1) is 36.3 Å². The minimum Gasteiger partial charge on any atom is -0.481 e. The van der Waals surface area contributed by atoms with E-state index in [-0.39, 0.29) is 82.3 Å². The van der Waals surface area contributed by atoms with Gasteiger partial charge in [-0.3, -0.25) is 57.7 Å². The van der Waals surface area contributed by atoms with Crippen molar-refractivity contribution >= 4 is 87.9 Å². The lowest BCUT2D eigenvalue weighted by Gasteiger charge is -2.29. The Morgan fingerprint density at radius 1 is 0.659 bits per heavy atom. The molecular formula is C51H85N15O15S. The van der Waals surface area contributed by atoms with Gasteiger partial charge in [-0.1, -0.05) is 54.4 Å². The van der Waals surface area contributed by atoms with Crippen molar-refractivity contribution < 1.29 is 72.9 Å². The Balaban J connectivity index is 2.32. The van der Waals surface area contributed by atoms with Crippen molar-refractivity contribution in [2.24, 2.45) is 45.7 Å². The van der Waals surface area contributed by atoms with Crippen molar-refractivity contribution in [3.05, 3.63) is 18.2 Å². The van der Waals surface area contributed by atoms with Crippen LogP contribution in [0.3, 0.4) is 0 Å². The van der Waals surface area contributed by atoms with E-state index in [1.807, 2.05) is 27.7 Å². The number of amides is 9. The first kappa shape index (κ1) is 70.9. The van der Waals surface area contributed by atoms with Crippen molar-refractivity contribution in [3.8, 4) is 0 Å². The van der Waals surface area contributed by atoms with Crippen LogP contribution < -0.4 is 65.5 Å². The number of carboxylic acid groups (broad SMARTS) is 3. The molecule has 0 unspecified atom stereocenters. The summed E-state index contributed by atoms with van der Waals surface area (Å²) < 4.78 is 0. The minimum atomic E-state index is -1.75. The molecule has 12 atom stereocenters. The molecule has 82 heavy (non-hydrogen) atoms. The molecule has 31 heteroatoms. The summed E-state index contributed by atoms with van der Waals surface area (Å²) in [7, 11) is 0. The number of unbranched alkanes of at least 4 members (excludes halogenated alkanes) is 1. The Bertz CT molecular complexity index is 2380. The summed E-state index contributed by atoms with van der Waals surface area (Å²) in [6.07, 6.45) is 1.18. The number of imidazole rings is 1. The Hall–Kier alpha value is -7.25. The number of aliphatic imine (C=N–C) groups is 1. The number of aromatic amines is 1. The third kappa shape index (κ3) is 25.3. The molecule has 0 saturated carbocycles. The number of thioether (sulfide) groups is 1. The number of nitrogens with one attached hydrogen (secondary N) is 9. The van der Waals surface area contributed by atoms with E-state index in [0.717, 1.165) is 6.42 Å². The Morgan fingerprint density at radius 2 is 1.22 bits per heavy atom. The van der Waals surface area contributed by atoms with Gasteiger partial charge in [0.1, 0.15) is 48.3 Å². The second-order valence-corrected chi connectivity index (χ2v) is 21.8. The molecule has 2 rings (SSSR count). The molecule has 1 aliphatic heterocycles. The normalized spacial score (nSPS) is 17.0. The number of carbonyl (C=O) groups excluding carboxylic acids is 9. The zero-order valence-electron chi connectivity index (χ0n) is 47.3. The van der Waals surface area contributed by atoms with Gasteiger partial charge in [0.25, 0.3) is 0 Å². The van der Waals surface area contributed by atoms with E-state index >= 15 is 0 Å². The highest BCUT2D eigenvalue weighted by atomic mass is 32.2. The topological polar surface area (TPSA) is 507 Å². The first-order chi connectivity index (χ1) is 38.6. The van der Waals surface area contributed by atoms with Crippen molar-refractivity contribution in [1.82, 2.24) is 52.5 Å². The van der Waals surface area contributed by atoms with Crippen molar-refractivity contribution in [3.63, 3.8) is 0 Å². The number of carbonyl (C=O) groups is 12. The number of hydrogen-bond donors (Lipinski definition) is 16.